The molecule has 0 spiro atoms. The van der Waals surface area contributed by atoms with Gasteiger partial charge in [0.25, 0.3) is 0 Å². The van der Waals surface area contributed by atoms with E-state index in [4.69, 9.17) is 9.47 Å². The first-order valence-electron chi connectivity index (χ1n) is 8.93. The maximum atomic E-state index is 12.3. The quantitative estimate of drug-likeness (QED) is 0.830. The summed E-state index contributed by atoms with van der Waals surface area (Å²) in [6.45, 7) is 2.37. The Hall–Kier alpha value is -2.48. The highest BCUT2D eigenvalue weighted by Crippen LogP contribution is 2.44. The van der Waals surface area contributed by atoms with E-state index in [0.29, 0.717) is 31.9 Å². The van der Waals surface area contributed by atoms with Gasteiger partial charge < -0.3 is 24.4 Å². The summed E-state index contributed by atoms with van der Waals surface area (Å²) in [7, 11) is 6.59. The number of ether oxygens (including phenoxy) is 2. The number of likely N-dealkylation sites (tertiary alicyclic amines) is 2. The number of hydrogen-bond donors (Lipinski definition) is 1. The number of urea groups is 1. The van der Waals surface area contributed by atoms with Crippen LogP contribution in [0.5, 0.6) is 11.5 Å². The first-order valence-corrected chi connectivity index (χ1v) is 8.93. The number of fused-ring (bicyclic) bond motifs is 1. The average Bonchev–Trinajstić information content (AvgIpc) is 3.16. The Bertz CT molecular complexity index is 738. The third-order valence-corrected chi connectivity index (χ3v) is 5.65. The van der Waals surface area contributed by atoms with Crippen LogP contribution in [0.3, 0.4) is 0 Å². The molecule has 0 unspecified atom stereocenters. The van der Waals surface area contributed by atoms with Crippen LogP contribution in [0.25, 0.3) is 0 Å². The predicted molar refractivity (Wildman–Crippen MR) is 99.0 cm³/mol. The predicted octanol–water partition coefficient (Wildman–Crippen LogP) is 1.20. The number of carbonyl (C=O) groups excluding carboxylic acids is 1. The van der Waals surface area contributed by atoms with Crippen LogP contribution in [-0.4, -0.2) is 86.3 Å². The van der Waals surface area contributed by atoms with Gasteiger partial charge in [-0.2, -0.15) is 0 Å². The van der Waals surface area contributed by atoms with Crippen LogP contribution >= 0.6 is 0 Å². The summed E-state index contributed by atoms with van der Waals surface area (Å²) >= 11 is 0. The molecule has 8 nitrogen and oxygen atoms in total. The van der Waals surface area contributed by atoms with Gasteiger partial charge in [0.05, 0.1) is 14.2 Å². The minimum Gasteiger partial charge on any atom is -0.497 e. The normalized spacial score (nSPS) is 24.6. The Morgan fingerprint density at radius 1 is 1.22 bits per heavy atom. The van der Waals surface area contributed by atoms with Crippen LogP contribution < -0.4 is 9.47 Å². The number of carbonyl (C=O) groups is 2. The fourth-order valence-corrected chi connectivity index (χ4v) is 4.24. The number of amides is 2. The molecule has 0 bridgehead atoms. The van der Waals surface area contributed by atoms with Gasteiger partial charge in [-0.3, -0.25) is 9.69 Å². The molecule has 0 radical (unpaired) electrons. The lowest BCUT2D eigenvalue weighted by molar-refractivity contribution is -0.148. The molecule has 2 atom stereocenters. The van der Waals surface area contributed by atoms with Crippen molar-refractivity contribution in [2.75, 3.05) is 54.5 Å². The summed E-state index contributed by atoms with van der Waals surface area (Å²) in [6.07, 6.45) is 0. The highest BCUT2D eigenvalue weighted by atomic mass is 16.5. The third-order valence-electron chi connectivity index (χ3n) is 5.65. The van der Waals surface area contributed by atoms with Crippen molar-refractivity contribution in [3.8, 4) is 11.5 Å². The Morgan fingerprint density at radius 2 is 1.96 bits per heavy atom. The molecule has 0 saturated carbocycles. The van der Waals surface area contributed by atoms with Gasteiger partial charge in [-0.15, -0.1) is 0 Å². The maximum Gasteiger partial charge on any atom is 0.319 e. The second-order valence-electron chi connectivity index (χ2n) is 7.56. The zero-order valence-electron chi connectivity index (χ0n) is 16.3. The number of carboxylic acid groups (broad SMARTS) is 1. The first kappa shape index (κ1) is 19.3. The van der Waals surface area contributed by atoms with Gasteiger partial charge in [0.15, 0.2) is 0 Å². The number of methoxy groups -OCH3 is 2. The highest BCUT2D eigenvalue weighted by molar-refractivity contribution is 5.80. The van der Waals surface area contributed by atoms with Gasteiger partial charge in [-0.05, 0) is 6.07 Å². The van der Waals surface area contributed by atoms with Crippen LogP contribution in [0.15, 0.2) is 18.2 Å². The van der Waals surface area contributed by atoms with Gasteiger partial charge in [-0.25, -0.2) is 4.79 Å². The fourth-order valence-electron chi connectivity index (χ4n) is 4.24. The SMILES string of the molecule is COc1ccc(CN2C[C@@H]3CN(C(=O)N(C)C)C[C@]3(C(=O)O)C2)c(OC)c1. The van der Waals surface area contributed by atoms with Gasteiger partial charge in [0, 0.05) is 64.4 Å². The van der Waals surface area contributed by atoms with Crippen molar-refractivity contribution >= 4 is 12.0 Å². The van der Waals surface area contributed by atoms with E-state index in [-0.39, 0.29) is 18.5 Å². The lowest BCUT2D eigenvalue weighted by atomic mass is 9.81. The molecule has 0 aromatic heterocycles. The minimum atomic E-state index is -0.911. The van der Waals surface area contributed by atoms with Crippen molar-refractivity contribution in [3.63, 3.8) is 0 Å². The topological polar surface area (TPSA) is 82.6 Å². The van der Waals surface area contributed by atoms with Gasteiger partial charge in [-0.1, -0.05) is 6.07 Å². The van der Waals surface area contributed by atoms with Crippen molar-refractivity contribution in [2.24, 2.45) is 11.3 Å². The van der Waals surface area contributed by atoms with Gasteiger partial charge >= 0.3 is 12.0 Å². The first-order chi connectivity index (χ1) is 12.8. The third kappa shape index (κ3) is 3.41. The van der Waals surface area contributed by atoms with Crippen LogP contribution in [0.2, 0.25) is 0 Å². The van der Waals surface area contributed by atoms with Crippen molar-refractivity contribution < 1.29 is 24.2 Å². The van der Waals surface area contributed by atoms with E-state index in [1.165, 1.54) is 4.90 Å². The molecule has 2 heterocycles. The molecule has 1 aromatic carbocycles. The average molecular weight is 377 g/mol. The van der Waals surface area contributed by atoms with E-state index < -0.39 is 11.4 Å². The van der Waals surface area contributed by atoms with E-state index >= 15 is 0 Å². The number of rotatable bonds is 5. The molecule has 2 amide bonds. The summed E-state index contributed by atoms with van der Waals surface area (Å²) in [5.74, 6) is 0.530. The fraction of sp³-hybridized carbons (Fsp3) is 0.579. The Morgan fingerprint density at radius 3 is 2.52 bits per heavy atom. The number of aliphatic carboxylic acids is 1. The summed E-state index contributed by atoms with van der Waals surface area (Å²) in [5, 5.41) is 9.95. The molecule has 3 rings (SSSR count). The van der Waals surface area contributed by atoms with Crippen molar-refractivity contribution in [3.05, 3.63) is 23.8 Å². The molecule has 148 valence electrons. The van der Waals surface area contributed by atoms with Crippen LogP contribution in [0.1, 0.15) is 5.56 Å². The van der Waals surface area contributed by atoms with E-state index in [0.717, 1.165) is 11.3 Å². The van der Waals surface area contributed by atoms with Crippen LogP contribution in [0, 0.1) is 11.3 Å². The molecule has 2 saturated heterocycles. The van der Waals surface area contributed by atoms with Crippen molar-refractivity contribution in [1.82, 2.24) is 14.7 Å². The summed E-state index contributed by atoms with van der Waals surface area (Å²) in [5.41, 5.74) is 0.0748. The van der Waals surface area contributed by atoms with Crippen LogP contribution in [0.4, 0.5) is 4.79 Å². The number of nitrogens with zero attached hydrogens (tertiary/aromatic N) is 3. The van der Waals surface area contributed by atoms with Crippen molar-refractivity contribution in [1.29, 1.82) is 0 Å². The standard InChI is InChI=1S/C19H27N3O5/c1-20(2)18(25)22-10-14-9-21(11-19(14,12-22)17(23)24)8-13-5-6-15(26-3)7-16(13)27-4/h5-7,14H,8-12H2,1-4H3,(H,23,24)/t14-,19-/m1/s1. The maximum absolute atomic E-state index is 12.3. The smallest absolute Gasteiger partial charge is 0.319 e. The molecule has 8 heteroatoms. The minimum absolute atomic E-state index is 0.0804. The monoisotopic (exact) mass is 377 g/mol. The van der Waals surface area contributed by atoms with E-state index in [9.17, 15) is 14.7 Å². The van der Waals surface area contributed by atoms with E-state index in [1.807, 2.05) is 18.2 Å². The second-order valence-corrected chi connectivity index (χ2v) is 7.56. The molecule has 2 aliphatic rings. The molecule has 1 N–H and O–H groups in total. The van der Waals surface area contributed by atoms with Gasteiger partial charge in [0.1, 0.15) is 16.9 Å². The van der Waals surface area contributed by atoms with E-state index in [2.05, 4.69) is 4.90 Å². The number of hydrogen-bond acceptors (Lipinski definition) is 5. The molecular formula is C19H27N3O5. The number of benzene rings is 1. The van der Waals surface area contributed by atoms with E-state index in [1.54, 1.807) is 33.2 Å². The van der Waals surface area contributed by atoms with Crippen molar-refractivity contribution in [2.45, 2.75) is 6.54 Å². The summed E-state index contributed by atoms with van der Waals surface area (Å²) in [4.78, 5) is 29.7. The Balaban J connectivity index is 1.76. The molecule has 27 heavy (non-hydrogen) atoms. The molecule has 2 fully saturated rings. The lowest BCUT2D eigenvalue weighted by Gasteiger charge is -2.27. The largest absolute Gasteiger partial charge is 0.497 e. The second kappa shape index (κ2) is 7.26. The molecular weight excluding hydrogens is 350 g/mol. The lowest BCUT2D eigenvalue weighted by Crippen LogP contribution is -2.44. The van der Waals surface area contributed by atoms with Gasteiger partial charge in [0.2, 0.25) is 0 Å². The molecule has 1 aromatic rings. The highest BCUT2D eigenvalue weighted by Gasteiger charge is 2.58. The van der Waals surface area contributed by atoms with Crippen LogP contribution in [-0.2, 0) is 11.3 Å². The molecule has 0 aliphatic carbocycles. The summed E-state index contributed by atoms with van der Waals surface area (Å²) < 4.78 is 10.7. The number of carboxylic acids is 1. The Kier molecular flexibility index (Phi) is 5.19. The summed E-state index contributed by atoms with van der Waals surface area (Å²) in [6, 6.07) is 5.52. The zero-order chi connectivity index (χ0) is 19.8. The molecule has 2 aliphatic heterocycles. The Labute approximate surface area is 159 Å². The zero-order valence-corrected chi connectivity index (χ0v) is 16.3.